The Morgan fingerprint density at radius 3 is 2.49 bits per heavy atom. The molecule has 0 saturated carbocycles. The smallest absolute Gasteiger partial charge is 0.214 e. The van der Waals surface area contributed by atoms with E-state index >= 15 is 0 Å². The van der Waals surface area contributed by atoms with Gasteiger partial charge < -0.3 is 15.6 Å². The molecule has 0 unspecified atom stereocenters. The molecule has 0 aliphatic carbocycles. The van der Waals surface area contributed by atoms with Crippen LogP contribution in [0.2, 0.25) is 5.02 Å². The Bertz CT molecular complexity index is 1560. The molecule has 9 heteroatoms. The SMILES string of the molecule is Cc1ccc(C(=O)c2nn(-c3ccc(Cl)cc3)c(NCCCNc3nc4ccccc4[nH]3)c2C#N)cc1. The first-order valence-electron chi connectivity index (χ1n) is 11.9. The molecule has 0 atom stereocenters. The molecule has 2 heterocycles. The second-order valence-electron chi connectivity index (χ2n) is 8.58. The molecule has 2 aromatic heterocycles. The summed E-state index contributed by atoms with van der Waals surface area (Å²) in [5, 5.41) is 21.8. The van der Waals surface area contributed by atoms with Gasteiger partial charge in [0, 0.05) is 23.7 Å². The molecule has 5 aromatic rings. The van der Waals surface area contributed by atoms with Crippen molar-refractivity contribution in [1.29, 1.82) is 5.26 Å². The van der Waals surface area contributed by atoms with E-state index in [1.807, 2.05) is 43.3 Å². The fourth-order valence-electron chi connectivity index (χ4n) is 4.00. The number of nitrogens with zero attached hydrogens (tertiary/aromatic N) is 4. The minimum atomic E-state index is -0.307. The van der Waals surface area contributed by atoms with E-state index < -0.39 is 0 Å². The van der Waals surface area contributed by atoms with E-state index in [0.29, 0.717) is 41.1 Å². The third kappa shape index (κ3) is 5.17. The van der Waals surface area contributed by atoms with Crippen molar-refractivity contribution in [3.63, 3.8) is 0 Å². The van der Waals surface area contributed by atoms with Gasteiger partial charge >= 0.3 is 0 Å². The predicted molar refractivity (Wildman–Crippen MR) is 146 cm³/mol. The van der Waals surface area contributed by atoms with Crippen molar-refractivity contribution in [1.82, 2.24) is 19.7 Å². The van der Waals surface area contributed by atoms with E-state index in [9.17, 15) is 10.1 Å². The lowest BCUT2D eigenvalue weighted by Gasteiger charge is -2.10. The molecule has 0 radical (unpaired) electrons. The number of ketones is 1. The van der Waals surface area contributed by atoms with Crippen molar-refractivity contribution in [2.45, 2.75) is 13.3 Å². The van der Waals surface area contributed by atoms with Gasteiger partial charge in [-0.05, 0) is 49.7 Å². The summed E-state index contributed by atoms with van der Waals surface area (Å²) in [6.45, 7) is 3.15. The minimum absolute atomic E-state index is 0.101. The molecule has 0 spiro atoms. The van der Waals surface area contributed by atoms with E-state index in [0.717, 1.165) is 23.0 Å². The standard InChI is InChI=1S/C28H24ClN7O/c1-18-7-9-19(10-8-18)26(37)25-22(17-30)27(36(35-25)21-13-11-20(29)12-14-21)31-15-4-16-32-28-33-23-5-2-3-6-24(23)34-28/h2-3,5-14,31H,4,15-16H2,1H3,(H2,32,33,34). The van der Waals surface area contributed by atoms with E-state index in [1.165, 1.54) is 0 Å². The number of benzene rings is 3. The van der Waals surface area contributed by atoms with E-state index in [1.54, 1.807) is 41.1 Å². The molecule has 8 nitrogen and oxygen atoms in total. The summed E-state index contributed by atoms with van der Waals surface area (Å²) in [4.78, 5) is 21.1. The van der Waals surface area contributed by atoms with Gasteiger partial charge in [-0.25, -0.2) is 9.67 Å². The summed E-state index contributed by atoms with van der Waals surface area (Å²) < 4.78 is 1.59. The Labute approximate surface area is 218 Å². The highest BCUT2D eigenvalue weighted by molar-refractivity contribution is 6.30. The third-order valence-electron chi connectivity index (χ3n) is 5.93. The Kier molecular flexibility index (Phi) is 6.88. The van der Waals surface area contributed by atoms with Crippen molar-refractivity contribution < 1.29 is 4.79 Å². The molecule has 0 aliphatic rings. The van der Waals surface area contributed by atoms with Gasteiger partial charge in [0.2, 0.25) is 11.7 Å². The van der Waals surface area contributed by atoms with Gasteiger partial charge in [-0.3, -0.25) is 4.79 Å². The fourth-order valence-corrected chi connectivity index (χ4v) is 4.12. The van der Waals surface area contributed by atoms with Gasteiger partial charge in [0.1, 0.15) is 17.5 Å². The van der Waals surface area contributed by atoms with Crippen LogP contribution in [-0.2, 0) is 0 Å². The average Bonchev–Trinajstić information content (AvgIpc) is 3.50. The number of rotatable bonds is 9. The zero-order valence-electron chi connectivity index (χ0n) is 20.1. The minimum Gasteiger partial charge on any atom is -0.369 e. The highest BCUT2D eigenvalue weighted by atomic mass is 35.5. The van der Waals surface area contributed by atoms with Crippen molar-refractivity contribution in [2.24, 2.45) is 0 Å². The number of hydrogen-bond donors (Lipinski definition) is 3. The Hall–Kier alpha value is -4.61. The van der Waals surface area contributed by atoms with Crippen molar-refractivity contribution in [3.8, 4) is 11.8 Å². The second kappa shape index (κ2) is 10.6. The summed E-state index contributed by atoms with van der Waals surface area (Å²) in [5.41, 5.74) is 4.38. The second-order valence-corrected chi connectivity index (χ2v) is 9.01. The number of H-pyrrole nitrogens is 1. The summed E-state index contributed by atoms with van der Waals surface area (Å²) in [7, 11) is 0. The number of carbonyl (C=O) groups is 1. The Balaban J connectivity index is 1.36. The van der Waals surface area contributed by atoms with Crippen LogP contribution in [0, 0.1) is 18.3 Å². The molecule has 0 aliphatic heterocycles. The van der Waals surface area contributed by atoms with Crippen molar-refractivity contribution in [2.75, 3.05) is 23.7 Å². The first-order valence-corrected chi connectivity index (χ1v) is 12.2. The third-order valence-corrected chi connectivity index (χ3v) is 6.18. The summed E-state index contributed by atoms with van der Waals surface area (Å²) in [5.74, 6) is 0.860. The topological polar surface area (TPSA) is 111 Å². The van der Waals surface area contributed by atoms with Gasteiger partial charge in [-0.2, -0.15) is 10.4 Å². The van der Waals surface area contributed by atoms with Gasteiger partial charge in [-0.15, -0.1) is 0 Å². The van der Waals surface area contributed by atoms with Crippen LogP contribution in [0.5, 0.6) is 0 Å². The molecule has 5 rings (SSSR count). The lowest BCUT2D eigenvalue weighted by Crippen LogP contribution is -2.13. The van der Waals surface area contributed by atoms with Crippen LogP contribution in [0.4, 0.5) is 11.8 Å². The van der Waals surface area contributed by atoms with Crippen molar-refractivity contribution >= 4 is 40.2 Å². The maximum atomic E-state index is 13.3. The number of aromatic nitrogens is 4. The number of nitriles is 1. The highest BCUT2D eigenvalue weighted by Crippen LogP contribution is 2.26. The first-order chi connectivity index (χ1) is 18.0. The monoisotopic (exact) mass is 509 g/mol. The Morgan fingerprint density at radius 1 is 1.03 bits per heavy atom. The molecule has 37 heavy (non-hydrogen) atoms. The van der Waals surface area contributed by atoms with Crippen LogP contribution >= 0.6 is 11.6 Å². The zero-order chi connectivity index (χ0) is 25.8. The number of hydrogen-bond acceptors (Lipinski definition) is 6. The molecule has 0 saturated heterocycles. The van der Waals surface area contributed by atoms with Crippen LogP contribution in [0.3, 0.4) is 0 Å². The molecule has 3 aromatic carbocycles. The lowest BCUT2D eigenvalue weighted by atomic mass is 10.0. The largest absolute Gasteiger partial charge is 0.369 e. The lowest BCUT2D eigenvalue weighted by molar-refractivity contribution is 0.103. The zero-order valence-corrected chi connectivity index (χ0v) is 20.9. The quantitative estimate of drug-likeness (QED) is 0.173. The van der Waals surface area contributed by atoms with E-state index in [-0.39, 0.29) is 17.0 Å². The molecule has 3 N–H and O–H groups in total. The van der Waals surface area contributed by atoms with Crippen molar-refractivity contribution in [3.05, 3.63) is 100 Å². The fraction of sp³-hybridized carbons (Fsp3) is 0.143. The van der Waals surface area contributed by atoms with Gasteiger partial charge in [-0.1, -0.05) is 53.6 Å². The maximum Gasteiger partial charge on any atom is 0.214 e. The summed E-state index contributed by atoms with van der Waals surface area (Å²) in [6.07, 6.45) is 0.731. The number of aryl methyl sites for hydroxylation is 1. The van der Waals surface area contributed by atoms with Gasteiger partial charge in [0.05, 0.1) is 16.7 Å². The Morgan fingerprint density at radius 2 is 1.76 bits per heavy atom. The number of anilines is 2. The molecular formula is C28H24ClN7O. The van der Waals surface area contributed by atoms with Crippen LogP contribution < -0.4 is 10.6 Å². The number of carbonyl (C=O) groups excluding carboxylic acids is 1. The summed E-state index contributed by atoms with van der Waals surface area (Å²) in [6, 6.07) is 24.3. The first kappa shape index (κ1) is 24.1. The highest BCUT2D eigenvalue weighted by Gasteiger charge is 2.25. The van der Waals surface area contributed by atoms with Gasteiger partial charge in [0.15, 0.2) is 5.69 Å². The molecule has 0 bridgehead atoms. The van der Waals surface area contributed by atoms with Gasteiger partial charge in [0.25, 0.3) is 0 Å². The number of imidazole rings is 1. The molecular weight excluding hydrogens is 486 g/mol. The van der Waals surface area contributed by atoms with Crippen LogP contribution in [0.25, 0.3) is 16.7 Å². The summed E-state index contributed by atoms with van der Waals surface area (Å²) >= 11 is 6.07. The number of fused-ring (bicyclic) bond motifs is 1. The van der Waals surface area contributed by atoms with Crippen LogP contribution in [-0.4, -0.2) is 38.6 Å². The van der Waals surface area contributed by atoms with E-state index in [4.69, 9.17) is 11.6 Å². The number of para-hydroxylation sites is 2. The molecule has 184 valence electrons. The van der Waals surface area contributed by atoms with E-state index in [2.05, 4.69) is 31.8 Å². The predicted octanol–water partition coefficient (Wildman–Crippen LogP) is 5.73. The average molecular weight is 510 g/mol. The van der Waals surface area contributed by atoms with Crippen LogP contribution in [0.1, 0.15) is 33.6 Å². The van der Waals surface area contributed by atoms with Crippen LogP contribution in [0.15, 0.2) is 72.8 Å². The normalized spacial score (nSPS) is 10.8. The molecule has 0 amide bonds. The number of nitrogens with one attached hydrogen (secondary N) is 3. The number of aromatic amines is 1. The number of halogens is 1. The maximum absolute atomic E-state index is 13.3. The molecule has 0 fully saturated rings.